The lowest BCUT2D eigenvalue weighted by Gasteiger charge is -2.33. The molecule has 0 amide bonds. The van der Waals surface area contributed by atoms with Crippen molar-refractivity contribution in [2.45, 2.75) is 12.8 Å². The van der Waals surface area contributed by atoms with Crippen LogP contribution in [0.15, 0.2) is 42.5 Å². The Morgan fingerprint density at radius 1 is 1.08 bits per heavy atom. The number of anilines is 1. The van der Waals surface area contributed by atoms with Gasteiger partial charge >= 0.3 is 0 Å². The van der Waals surface area contributed by atoms with E-state index < -0.39 is 5.82 Å². The summed E-state index contributed by atoms with van der Waals surface area (Å²) in [5.74, 6) is -0.905. The highest BCUT2D eigenvalue weighted by molar-refractivity contribution is 5.98. The van der Waals surface area contributed by atoms with Crippen LogP contribution in [-0.4, -0.2) is 18.9 Å². The Kier molecular flexibility index (Phi) is 4.57. The normalized spacial score (nSPS) is 15.1. The van der Waals surface area contributed by atoms with E-state index in [1.54, 1.807) is 12.1 Å². The fraction of sp³-hybridized carbons (Fsp3) is 0.263. The molecule has 1 saturated heterocycles. The molecular formula is C19H16F2N2O. The van der Waals surface area contributed by atoms with Crippen LogP contribution in [0, 0.1) is 28.9 Å². The molecule has 0 radical (unpaired) electrons. The number of benzene rings is 2. The Bertz CT molecular complexity index is 788. The summed E-state index contributed by atoms with van der Waals surface area (Å²) in [7, 11) is 0. The van der Waals surface area contributed by atoms with Crippen molar-refractivity contribution in [2.75, 3.05) is 18.0 Å². The Labute approximate surface area is 139 Å². The van der Waals surface area contributed by atoms with Gasteiger partial charge in [-0.25, -0.2) is 8.78 Å². The zero-order chi connectivity index (χ0) is 17.1. The van der Waals surface area contributed by atoms with Crippen LogP contribution in [0.2, 0.25) is 0 Å². The molecule has 5 heteroatoms. The van der Waals surface area contributed by atoms with Crippen LogP contribution in [0.25, 0.3) is 0 Å². The van der Waals surface area contributed by atoms with E-state index in [1.807, 2.05) is 11.0 Å². The van der Waals surface area contributed by atoms with Gasteiger partial charge in [0.2, 0.25) is 0 Å². The molecule has 0 atom stereocenters. The van der Waals surface area contributed by atoms with Crippen molar-refractivity contribution in [3.63, 3.8) is 0 Å². The maximum atomic E-state index is 14.1. The molecule has 0 aromatic heterocycles. The van der Waals surface area contributed by atoms with Gasteiger partial charge in [-0.05, 0) is 55.3 Å². The Balaban J connectivity index is 1.66. The topological polar surface area (TPSA) is 44.1 Å². The zero-order valence-corrected chi connectivity index (χ0v) is 13.0. The molecule has 0 N–H and O–H groups in total. The first-order valence-corrected chi connectivity index (χ1v) is 7.83. The largest absolute Gasteiger partial charge is 0.369 e. The molecule has 1 aliphatic rings. The standard InChI is InChI=1S/C19H16F2N2O/c20-16-4-2-14(3-5-16)19(24)15-7-9-23(10-8-15)18-6-1-13(12-22)11-17(18)21/h1-6,11,15H,7-10H2. The lowest BCUT2D eigenvalue weighted by molar-refractivity contribution is 0.0900. The van der Waals surface area contributed by atoms with Gasteiger partial charge in [0.25, 0.3) is 0 Å². The molecule has 1 fully saturated rings. The van der Waals surface area contributed by atoms with Gasteiger partial charge in [-0.15, -0.1) is 0 Å². The Morgan fingerprint density at radius 3 is 2.33 bits per heavy atom. The molecule has 0 aliphatic carbocycles. The second-order valence-electron chi connectivity index (χ2n) is 5.91. The van der Waals surface area contributed by atoms with E-state index in [1.165, 1.54) is 30.3 Å². The van der Waals surface area contributed by atoms with Crippen molar-refractivity contribution in [3.8, 4) is 6.07 Å². The number of hydrogen-bond acceptors (Lipinski definition) is 3. The number of rotatable bonds is 3. The third-order valence-corrected chi connectivity index (χ3v) is 4.41. The number of hydrogen-bond donors (Lipinski definition) is 0. The number of ketones is 1. The van der Waals surface area contributed by atoms with E-state index in [-0.39, 0.29) is 23.1 Å². The van der Waals surface area contributed by atoms with Crippen LogP contribution in [0.1, 0.15) is 28.8 Å². The van der Waals surface area contributed by atoms with E-state index in [9.17, 15) is 13.6 Å². The highest BCUT2D eigenvalue weighted by Gasteiger charge is 2.27. The van der Waals surface area contributed by atoms with E-state index >= 15 is 0 Å². The molecule has 3 nitrogen and oxygen atoms in total. The molecule has 2 aromatic carbocycles. The van der Waals surface area contributed by atoms with Gasteiger partial charge < -0.3 is 4.90 Å². The first-order chi connectivity index (χ1) is 11.6. The van der Waals surface area contributed by atoms with Crippen molar-refractivity contribution in [2.24, 2.45) is 5.92 Å². The summed E-state index contributed by atoms with van der Waals surface area (Å²) < 4.78 is 27.0. The molecule has 1 heterocycles. The quantitative estimate of drug-likeness (QED) is 0.803. The minimum Gasteiger partial charge on any atom is -0.369 e. The van der Waals surface area contributed by atoms with Crippen molar-refractivity contribution < 1.29 is 13.6 Å². The van der Waals surface area contributed by atoms with E-state index in [0.29, 0.717) is 37.2 Å². The highest BCUT2D eigenvalue weighted by atomic mass is 19.1. The van der Waals surface area contributed by atoms with E-state index in [2.05, 4.69) is 0 Å². The molecule has 0 saturated carbocycles. The zero-order valence-electron chi connectivity index (χ0n) is 13.0. The molecule has 1 aliphatic heterocycles. The summed E-state index contributed by atoms with van der Waals surface area (Å²) in [6.45, 7) is 1.14. The molecule has 3 rings (SSSR count). The number of halogens is 2. The van der Waals surface area contributed by atoms with Crippen LogP contribution in [0.3, 0.4) is 0 Å². The first kappa shape index (κ1) is 16.1. The summed E-state index contributed by atoms with van der Waals surface area (Å²) in [6, 6.07) is 11.9. The second-order valence-corrected chi connectivity index (χ2v) is 5.91. The van der Waals surface area contributed by atoms with Crippen molar-refractivity contribution >= 4 is 11.5 Å². The predicted octanol–water partition coefficient (Wildman–Crippen LogP) is 3.94. The predicted molar refractivity (Wildman–Crippen MR) is 86.8 cm³/mol. The maximum Gasteiger partial charge on any atom is 0.166 e. The highest BCUT2D eigenvalue weighted by Crippen LogP contribution is 2.28. The smallest absolute Gasteiger partial charge is 0.166 e. The third-order valence-electron chi connectivity index (χ3n) is 4.41. The van der Waals surface area contributed by atoms with Gasteiger partial charge in [0.05, 0.1) is 17.3 Å². The van der Waals surface area contributed by atoms with E-state index in [0.717, 1.165) is 0 Å². The van der Waals surface area contributed by atoms with E-state index in [4.69, 9.17) is 5.26 Å². The lowest BCUT2D eigenvalue weighted by Crippen LogP contribution is -2.36. The minimum absolute atomic E-state index is 0.00921. The average Bonchev–Trinajstić information content (AvgIpc) is 2.62. The number of piperidine rings is 1. The summed E-state index contributed by atoms with van der Waals surface area (Å²) in [4.78, 5) is 14.3. The average molecular weight is 326 g/mol. The van der Waals surface area contributed by atoms with Gasteiger partial charge in [-0.1, -0.05) is 0 Å². The fourth-order valence-electron chi connectivity index (χ4n) is 3.07. The van der Waals surface area contributed by atoms with Gasteiger partial charge in [-0.2, -0.15) is 5.26 Å². The van der Waals surface area contributed by atoms with Gasteiger partial charge in [0.15, 0.2) is 5.78 Å². The van der Waals surface area contributed by atoms with Crippen molar-refractivity contribution in [3.05, 3.63) is 65.2 Å². The van der Waals surface area contributed by atoms with Crippen LogP contribution in [0.5, 0.6) is 0 Å². The summed E-state index contributed by atoms with van der Waals surface area (Å²) in [6.07, 6.45) is 1.24. The number of carbonyl (C=O) groups excluding carboxylic acids is 1. The fourth-order valence-corrected chi connectivity index (χ4v) is 3.07. The molecule has 0 unspecified atom stereocenters. The number of carbonyl (C=O) groups is 1. The summed E-state index contributed by atoms with van der Waals surface area (Å²) in [5.41, 5.74) is 1.26. The van der Waals surface area contributed by atoms with Gasteiger partial charge in [0.1, 0.15) is 11.6 Å². The first-order valence-electron chi connectivity index (χ1n) is 7.83. The molecular weight excluding hydrogens is 310 g/mol. The summed E-state index contributed by atoms with van der Waals surface area (Å²) >= 11 is 0. The second kappa shape index (κ2) is 6.79. The molecule has 0 bridgehead atoms. The van der Waals surface area contributed by atoms with Gasteiger partial charge in [-0.3, -0.25) is 4.79 Å². The molecule has 122 valence electrons. The van der Waals surface area contributed by atoms with Gasteiger partial charge in [0, 0.05) is 24.6 Å². The Morgan fingerprint density at radius 2 is 1.75 bits per heavy atom. The Hall–Kier alpha value is -2.74. The monoisotopic (exact) mass is 326 g/mol. The molecule has 0 spiro atoms. The maximum absolute atomic E-state index is 14.1. The van der Waals surface area contributed by atoms with Crippen LogP contribution in [0.4, 0.5) is 14.5 Å². The number of nitrogens with zero attached hydrogens (tertiary/aromatic N) is 2. The third kappa shape index (κ3) is 3.28. The SMILES string of the molecule is N#Cc1ccc(N2CCC(C(=O)c3ccc(F)cc3)CC2)c(F)c1. The molecule has 2 aromatic rings. The number of nitriles is 1. The van der Waals surface area contributed by atoms with Crippen molar-refractivity contribution in [1.82, 2.24) is 0 Å². The van der Waals surface area contributed by atoms with Crippen molar-refractivity contribution in [1.29, 1.82) is 5.26 Å². The van der Waals surface area contributed by atoms with Crippen LogP contribution < -0.4 is 4.90 Å². The molecule has 24 heavy (non-hydrogen) atoms. The lowest BCUT2D eigenvalue weighted by atomic mass is 9.88. The summed E-state index contributed by atoms with van der Waals surface area (Å²) in [5, 5.41) is 8.79. The van der Waals surface area contributed by atoms with Crippen LogP contribution >= 0.6 is 0 Å². The minimum atomic E-state index is -0.419. The van der Waals surface area contributed by atoms with Crippen LogP contribution in [-0.2, 0) is 0 Å². The number of Topliss-reactive ketones (excluding diaryl/α,β-unsaturated/α-hetero) is 1.